The maximum atomic E-state index is 12.2. The van der Waals surface area contributed by atoms with Gasteiger partial charge in [0.1, 0.15) is 0 Å². The summed E-state index contributed by atoms with van der Waals surface area (Å²) in [6, 6.07) is 8.92. The molecule has 80 valence electrons. The Kier molecular flexibility index (Phi) is 2.68. The lowest BCUT2D eigenvalue weighted by molar-refractivity contribution is 0.103. The van der Waals surface area contributed by atoms with Gasteiger partial charge in [-0.15, -0.1) is 0 Å². The van der Waals surface area contributed by atoms with Crippen LogP contribution in [0.2, 0.25) is 0 Å². The van der Waals surface area contributed by atoms with E-state index >= 15 is 0 Å². The highest BCUT2D eigenvalue weighted by atomic mass is 16.1. The van der Waals surface area contributed by atoms with Gasteiger partial charge in [0.15, 0.2) is 5.78 Å². The number of pyridine rings is 1. The zero-order valence-corrected chi connectivity index (χ0v) is 8.97. The van der Waals surface area contributed by atoms with Crippen LogP contribution in [-0.4, -0.2) is 10.8 Å². The number of rotatable bonds is 2. The van der Waals surface area contributed by atoms with Crippen LogP contribution in [0.15, 0.2) is 42.7 Å². The first-order valence-electron chi connectivity index (χ1n) is 5.00. The number of nitrogen functional groups attached to an aromatic ring is 1. The van der Waals surface area contributed by atoms with Crippen LogP contribution in [0.25, 0.3) is 0 Å². The van der Waals surface area contributed by atoms with Gasteiger partial charge in [0, 0.05) is 29.2 Å². The van der Waals surface area contributed by atoms with E-state index in [9.17, 15) is 4.79 Å². The normalized spacial score (nSPS) is 10.1. The van der Waals surface area contributed by atoms with E-state index < -0.39 is 0 Å². The van der Waals surface area contributed by atoms with Crippen LogP contribution in [-0.2, 0) is 0 Å². The number of hydrogen-bond acceptors (Lipinski definition) is 3. The summed E-state index contributed by atoms with van der Waals surface area (Å²) in [5, 5.41) is 0. The van der Waals surface area contributed by atoms with Crippen LogP contribution < -0.4 is 5.73 Å². The Balaban J connectivity index is 2.50. The molecule has 0 amide bonds. The summed E-state index contributed by atoms with van der Waals surface area (Å²) >= 11 is 0. The Bertz CT molecular complexity index is 500. The number of nitrogens with two attached hydrogens (primary N) is 1. The molecule has 1 aromatic heterocycles. The lowest BCUT2D eigenvalue weighted by Crippen LogP contribution is -2.07. The first kappa shape index (κ1) is 10.4. The number of ketones is 1. The number of benzene rings is 1. The van der Waals surface area contributed by atoms with Crippen molar-refractivity contribution in [2.24, 2.45) is 0 Å². The second-order valence-electron chi connectivity index (χ2n) is 3.61. The molecule has 0 saturated carbocycles. The lowest BCUT2D eigenvalue weighted by Gasteiger charge is -2.07. The van der Waals surface area contributed by atoms with Crippen molar-refractivity contribution in [3.63, 3.8) is 0 Å². The molecule has 3 nitrogen and oxygen atoms in total. The van der Waals surface area contributed by atoms with Gasteiger partial charge >= 0.3 is 0 Å². The molecule has 16 heavy (non-hydrogen) atoms. The summed E-state index contributed by atoms with van der Waals surface area (Å²) in [6.45, 7) is 1.87. The van der Waals surface area contributed by atoms with Gasteiger partial charge in [0.2, 0.25) is 0 Å². The predicted molar refractivity (Wildman–Crippen MR) is 63.3 cm³/mol. The maximum absolute atomic E-state index is 12.2. The summed E-state index contributed by atoms with van der Waals surface area (Å²) in [5.41, 5.74) is 8.33. The molecule has 2 rings (SSSR count). The Labute approximate surface area is 93.9 Å². The van der Waals surface area contributed by atoms with Crippen LogP contribution in [0.1, 0.15) is 21.5 Å². The number of aryl methyl sites for hydroxylation is 1. The van der Waals surface area contributed by atoms with E-state index in [-0.39, 0.29) is 5.78 Å². The van der Waals surface area contributed by atoms with Crippen molar-refractivity contribution >= 4 is 11.5 Å². The maximum Gasteiger partial charge on any atom is 0.196 e. The third-order valence-electron chi connectivity index (χ3n) is 2.46. The molecule has 0 spiro atoms. The topological polar surface area (TPSA) is 56.0 Å². The van der Waals surface area contributed by atoms with Crippen LogP contribution in [0.3, 0.4) is 0 Å². The van der Waals surface area contributed by atoms with E-state index in [0.29, 0.717) is 16.8 Å². The molecule has 0 aliphatic heterocycles. The van der Waals surface area contributed by atoms with E-state index in [2.05, 4.69) is 4.98 Å². The number of anilines is 1. The molecule has 0 atom stereocenters. The SMILES string of the molecule is Cc1cccc(N)c1C(=O)c1cccnc1. The average Bonchev–Trinajstić information content (AvgIpc) is 2.30. The molecule has 0 saturated heterocycles. The van der Waals surface area contributed by atoms with Crippen molar-refractivity contribution < 1.29 is 4.79 Å². The summed E-state index contributed by atoms with van der Waals surface area (Å²) < 4.78 is 0. The van der Waals surface area contributed by atoms with Gasteiger partial charge in [0.25, 0.3) is 0 Å². The molecule has 0 radical (unpaired) electrons. The highest BCUT2D eigenvalue weighted by Gasteiger charge is 2.14. The van der Waals surface area contributed by atoms with Crippen molar-refractivity contribution in [2.45, 2.75) is 6.92 Å². The minimum absolute atomic E-state index is 0.0799. The summed E-state index contributed by atoms with van der Waals surface area (Å²) in [5.74, 6) is -0.0799. The molecular formula is C13H12N2O. The van der Waals surface area contributed by atoms with Crippen LogP contribution in [0.5, 0.6) is 0 Å². The molecule has 3 heteroatoms. The molecule has 0 fully saturated rings. The van der Waals surface area contributed by atoms with Gasteiger partial charge in [-0.05, 0) is 30.7 Å². The fourth-order valence-corrected chi connectivity index (χ4v) is 1.64. The van der Waals surface area contributed by atoms with Gasteiger partial charge < -0.3 is 5.73 Å². The number of carbonyl (C=O) groups is 1. The first-order valence-corrected chi connectivity index (χ1v) is 5.00. The molecular weight excluding hydrogens is 200 g/mol. The second kappa shape index (κ2) is 4.14. The highest BCUT2D eigenvalue weighted by molar-refractivity contribution is 6.12. The number of aromatic nitrogens is 1. The molecule has 1 heterocycles. The van der Waals surface area contributed by atoms with E-state index in [4.69, 9.17) is 5.73 Å². The number of nitrogens with zero attached hydrogens (tertiary/aromatic N) is 1. The highest BCUT2D eigenvalue weighted by Crippen LogP contribution is 2.19. The van der Waals surface area contributed by atoms with E-state index in [1.165, 1.54) is 0 Å². The fourth-order valence-electron chi connectivity index (χ4n) is 1.64. The van der Waals surface area contributed by atoms with Crippen molar-refractivity contribution in [1.82, 2.24) is 4.98 Å². The standard InChI is InChI=1S/C13H12N2O/c1-9-4-2-6-11(14)12(9)13(16)10-5-3-7-15-8-10/h2-8H,14H2,1H3. The summed E-state index contributed by atoms with van der Waals surface area (Å²) in [4.78, 5) is 16.1. The summed E-state index contributed by atoms with van der Waals surface area (Å²) in [6.07, 6.45) is 3.19. The van der Waals surface area contributed by atoms with E-state index in [1.54, 1.807) is 30.6 Å². The van der Waals surface area contributed by atoms with Crippen molar-refractivity contribution in [2.75, 3.05) is 5.73 Å². The van der Waals surface area contributed by atoms with E-state index in [1.807, 2.05) is 19.1 Å². The van der Waals surface area contributed by atoms with Gasteiger partial charge in [0.05, 0.1) is 0 Å². The Morgan fingerprint density at radius 3 is 2.69 bits per heavy atom. The summed E-state index contributed by atoms with van der Waals surface area (Å²) in [7, 11) is 0. The van der Waals surface area contributed by atoms with Crippen molar-refractivity contribution in [1.29, 1.82) is 0 Å². The second-order valence-corrected chi connectivity index (χ2v) is 3.61. The number of carbonyl (C=O) groups excluding carboxylic acids is 1. The molecule has 2 N–H and O–H groups in total. The minimum Gasteiger partial charge on any atom is -0.398 e. The Morgan fingerprint density at radius 1 is 1.25 bits per heavy atom. The largest absolute Gasteiger partial charge is 0.398 e. The van der Waals surface area contributed by atoms with Crippen LogP contribution in [0, 0.1) is 6.92 Å². The third kappa shape index (κ3) is 1.80. The molecule has 2 aromatic rings. The predicted octanol–water partition coefficient (Wildman–Crippen LogP) is 2.20. The molecule has 1 aromatic carbocycles. The zero-order valence-electron chi connectivity index (χ0n) is 8.97. The van der Waals surface area contributed by atoms with Gasteiger partial charge in [-0.2, -0.15) is 0 Å². The minimum atomic E-state index is -0.0799. The smallest absolute Gasteiger partial charge is 0.196 e. The van der Waals surface area contributed by atoms with Gasteiger partial charge in [-0.1, -0.05) is 12.1 Å². The molecule has 0 aliphatic rings. The Hall–Kier alpha value is -2.16. The zero-order chi connectivity index (χ0) is 11.5. The number of hydrogen-bond donors (Lipinski definition) is 1. The monoisotopic (exact) mass is 212 g/mol. The first-order chi connectivity index (χ1) is 7.70. The van der Waals surface area contributed by atoms with Gasteiger partial charge in [-0.3, -0.25) is 9.78 Å². The van der Waals surface area contributed by atoms with Crippen molar-refractivity contribution in [3.05, 3.63) is 59.4 Å². The third-order valence-corrected chi connectivity index (χ3v) is 2.46. The fraction of sp³-hybridized carbons (Fsp3) is 0.0769. The Morgan fingerprint density at radius 2 is 2.06 bits per heavy atom. The van der Waals surface area contributed by atoms with Crippen LogP contribution in [0.4, 0.5) is 5.69 Å². The molecule has 0 bridgehead atoms. The quantitative estimate of drug-likeness (QED) is 0.613. The average molecular weight is 212 g/mol. The lowest BCUT2D eigenvalue weighted by atomic mass is 9.98. The van der Waals surface area contributed by atoms with Gasteiger partial charge in [-0.25, -0.2) is 0 Å². The van der Waals surface area contributed by atoms with Crippen LogP contribution >= 0.6 is 0 Å². The van der Waals surface area contributed by atoms with Crippen molar-refractivity contribution in [3.8, 4) is 0 Å². The molecule has 0 unspecified atom stereocenters. The van der Waals surface area contributed by atoms with E-state index in [0.717, 1.165) is 5.56 Å². The molecule has 0 aliphatic carbocycles.